The van der Waals surface area contributed by atoms with E-state index in [4.69, 9.17) is 16.7 Å². The van der Waals surface area contributed by atoms with Gasteiger partial charge < -0.3 is 15.7 Å². The highest BCUT2D eigenvalue weighted by Gasteiger charge is 2.33. The smallest absolute Gasteiger partial charge is 0.319 e. The number of urea groups is 1. The molecular formula is C13H14BrClN2O3. The van der Waals surface area contributed by atoms with E-state index in [-0.39, 0.29) is 6.04 Å². The zero-order valence-electron chi connectivity index (χ0n) is 10.5. The highest BCUT2D eigenvalue weighted by atomic mass is 79.9. The van der Waals surface area contributed by atoms with Crippen molar-refractivity contribution in [3.8, 4) is 0 Å². The van der Waals surface area contributed by atoms with Gasteiger partial charge in [0.05, 0.1) is 16.6 Å². The maximum Gasteiger partial charge on any atom is 0.319 e. The number of carbonyl (C=O) groups is 2. The van der Waals surface area contributed by atoms with E-state index in [0.29, 0.717) is 23.6 Å². The maximum absolute atomic E-state index is 11.9. The van der Waals surface area contributed by atoms with Gasteiger partial charge in [-0.05, 0) is 31.0 Å². The van der Waals surface area contributed by atoms with Crippen molar-refractivity contribution in [2.45, 2.75) is 25.3 Å². The second-order valence-corrected chi connectivity index (χ2v) is 6.03. The SMILES string of the molecule is O=C(Nc1ccc(Br)cc1Cl)NC1CCCC1C(=O)O. The largest absolute Gasteiger partial charge is 0.481 e. The lowest BCUT2D eigenvalue weighted by atomic mass is 10.0. The fraction of sp³-hybridized carbons (Fsp3) is 0.385. The Labute approximate surface area is 129 Å². The Morgan fingerprint density at radius 1 is 1.35 bits per heavy atom. The second kappa shape index (κ2) is 6.45. The standard InChI is InChI=1S/C13H14BrClN2O3/c14-7-4-5-11(9(15)6-7)17-13(20)16-10-3-1-2-8(10)12(18)19/h4-6,8,10H,1-3H2,(H,18,19)(H2,16,17,20). The first-order valence-corrected chi connectivity index (χ1v) is 7.40. The van der Waals surface area contributed by atoms with Crippen LogP contribution in [0.3, 0.4) is 0 Å². The van der Waals surface area contributed by atoms with Crippen LogP contribution in [0.1, 0.15) is 19.3 Å². The van der Waals surface area contributed by atoms with Crippen molar-refractivity contribution in [2.75, 3.05) is 5.32 Å². The van der Waals surface area contributed by atoms with Crippen LogP contribution >= 0.6 is 27.5 Å². The predicted molar refractivity (Wildman–Crippen MR) is 80.1 cm³/mol. The number of nitrogens with one attached hydrogen (secondary N) is 2. The number of rotatable bonds is 3. The fourth-order valence-corrected chi connectivity index (χ4v) is 3.07. The summed E-state index contributed by atoms with van der Waals surface area (Å²) in [4.78, 5) is 22.9. The van der Waals surface area contributed by atoms with Crippen molar-refractivity contribution in [3.05, 3.63) is 27.7 Å². The Bertz CT molecular complexity index is 538. The van der Waals surface area contributed by atoms with Gasteiger partial charge in [0.1, 0.15) is 0 Å². The molecule has 0 aliphatic heterocycles. The molecule has 0 aromatic heterocycles. The van der Waals surface area contributed by atoms with Crippen LogP contribution in [0.4, 0.5) is 10.5 Å². The lowest BCUT2D eigenvalue weighted by molar-refractivity contribution is -0.142. The Hall–Kier alpha value is -1.27. The molecular weight excluding hydrogens is 348 g/mol. The molecule has 7 heteroatoms. The first-order valence-electron chi connectivity index (χ1n) is 6.23. The third-order valence-electron chi connectivity index (χ3n) is 3.33. The molecule has 0 bridgehead atoms. The van der Waals surface area contributed by atoms with Gasteiger partial charge in [-0.2, -0.15) is 0 Å². The summed E-state index contributed by atoms with van der Waals surface area (Å²) >= 11 is 9.28. The summed E-state index contributed by atoms with van der Waals surface area (Å²) in [7, 11) is 0. The highest BCUT2D eigenvalue weighted by Crippen LogP contribution is 2.27. The van der Waals surface area contributed by atoms with Crippen LogP contribution in [-0.4, -0.2) is 23.1 Å². The monoisotopic (exact) mass is 360 g/mol. The minimum absolute atomic E-state index is 0.332. The van der Waals surface area contributed by atoms with Gasteiger partial charge in [-0.3, -0.25) is 4.79 Å². The zero-order valence-corrected chi connectivity index (χ0v) is 12.9. The van der Waals surface area contributed by atoms with Crippen LogP contribution in [0.2, 0.25) is 5.02 Å². The summed E-state index contributed by atoms with van der Waals surface area (Å²) < 4.78 is 0.815. The van der Waals surface area contributed by atoms with Gasteiger partial charge in [0, 0.05) is 10.5 Å². The summed E-state index contributed by atoms with van der Waals surface area (Å²) in [6, 6.07) is 4.34. The number of hydrogen-bond acceptors (Lipinski definition) is 2. The van der Waals surface area contributed by atoms with E-state index in [1.165, 1.54) is 0 Å². The van der Waals surface area contributed by atoms with Crippen molar-refractivity contribution in [1.29, 1.82) is 0 Å². The Morgan fingerprint density at radius 2 is 2.10 bits per heavy atom. The summed E-state index contributed by atoms with van der Waals surface area (Å²) in [5.74, 6) is -1.38. The van der Waals surface area contributed by atoms with Gasteiger partial charge >= 0.3 is 12.0 Å². The van der Waals surface area contributed by atoms with Gasteiger partial charge in [0.15, 0.2) is 0 Å². The molecule has 5 nitrogen and oxygen atoms in total. The minimum atomic E-state index is -0.866. The molecule has 108 valence electrons. The number of aliphatic carboxylic acids is 1. The number of benzene rings is 1. The van der Waals surface area contributed by atoms with E-state index in [9.17, 15) is 9.59 Å². The van der Waals surface area contributed by atoms with Crippen molar-refractivity contribution in [3.63, 3.8) is 0 Å². The van der Waals surface area contributed by atoms with E-state index in [1.807, 2.05) is 0 Å². The summed E-state index contributed by atoms with van der Waals surface area (Å²) in [6.07, 6.45) is 2.08. The van der Waals surface area contributed by atoms with E-state index in [0.717, 1.165) is 10.9 Å². The Morgan fingerprint density at radius 3 is 2.75 bits per heavy atom. The van der Waals surface area contributed by atoms with Gasteiger partial charge in [0.25, 0.3) is 0 Å². The number of carbonyl (C=O) groups excluding carboxylic acids is 1. The Balaban J connectivity index is 1.97. The van der Waals surface area contributed by atoms with Crippen molar-refractivity contribution in [2.24, 2.45) is 5.92 Å². The van der Waals surface area contributed by atoms with Crippen LogP contribution in [-0.2, 0) is 4.79 Å². The van der Waals surface area contributed by atoms with E-state index in [2.05, 4.69) is 26.6 Å². The van der Waals surface area contributed by atoms with Gasteiger partial charge in [-0.15, -0.1) is 0 Å². The van der Waals surface area contributed by atoms with Crippen LogP contribution in [0.25, 0.3) is 0 Å². The highest BCUT2D eigenvalue weighted by molar-refractivity contribution is 9.10. The first kappa shape index (κ1) is 15.1. The maximum atomic E-state index is 11.9. The number of carboxylic acids is 1. The zero-order chi connectivity index (χ0) is 14.7. The van der Waals surface area contributed by atoms with Gasteiger partial charge in [-0.25, -0.2) is 4.79 Å². The molecule has 1 aliphatic carbocycles. The average Bonchev–Trinajstić information content (AvgIpc) is 2.81. The molecule has 2 atom stereocenters. The summed E-state index contributed by atoms with van der Waals surface area (Å²) in [5, 5.41) is 14.8. The number of hydrogen-bond donors (Lipinski definition) is 3. The predicted octanol–water partition coefficient (Wildman–Crippen LogP) is 3.48. The molecule has 2 unspecified atom stereocenters. The number of anilines is 1. The fourth-order valence-electron chi connectivity index (χ4n) is 2.35. The number of carboxylic acid groups (broad SMARTS) is 1. The molecule has 2 amide bonds. The molecule has 20 heavy (non-hydrogen) atoms. The van der Waals surface area contributed by atoms with Gasteiger partial charge in [-0.1, -0.05) is 34.0 Å². The molecule has 0 heterocycles. The van der Waals surface area contributed by atoms with E-state index < -0.39 is 17.9 Å². The molecule has 1 aromatic carbocycles. The molecule has 1 saturated carbocycles. The van der Waals surface area contributed by atoms with E-state index in [1.54, 1.807) is 18.2 Å². The molecule has 0 spiro atoms. The third-order valence-corrected chi connectivity index (χ3v) is 4.13. The van der Waals surface area contributed by atoms with Crippen LogP contribution < -0.4 is 10.6 Å². The van der Waals surface area contributed by atoms with Crippen molar-refractivity contribution in [1.82, 2.24) is 5.32 Å². The van der Waals surface area contributed by atoms with Crippen LogP contribution in [0, 0.1) is 5.92 Å². The van der Waals surface area contributed by atoms with Crippen molar-refractivity contribution >= 4 is 45.2 Å². The molecule has 1 aromatic rings. The third kappa shape index (κ3) is 3.64. The number of halogens is 2. The molecule has 0 saturated heterocycles. The number of amides is 2. The molecule has 3 N–H and O–H groups in total. The van der Waals surface area contributed by atoms with Crippen LogP contribution in [0.5, 0.6) is 0 Å². The Kier molecular flexibility index (Phi) is 4.88. The summed E-state index contributed by atoms with van der Waals surface area (Å²) in [5.41, 5.74) is 0.484. The summed E-state index contributed by atoms with van der Waals surface area (Å²) in [6.45, 7) is 0. The molecule has 2 rings (SSSR count). The molecule has 0 radical (unpaired) electrons. The topological polar surface area (TPSA) is 78.4 Å². The lowest BCUT2D eigenvalue weighted by Gasteiger charge is -2.18. The minimum Gasteiger partial charge on any atom is -0.481 e. The average molecular weight is 362 g/mol. The van der Waals surface area contributed by atoms with E-state index >= 15 is 0 Å². The van der Waals surface area contributed by atoms with Crippen LogP contribution in [0.15, 0.2) is 22.7 Å². The second-order valence-electron chi connectivity index (χ2n) is 4.70. The molecule has 1 aliphatic rings. The van der Waals surface area contributed by atoms with Gasteiger partial charge in [0.2, 0.25) is 0 Å². The van der Waals surface area contributed by atoms with Crippen molar-refractivity contribution < 1.29 is 14.7 Å². The lowest BCUT2D eigenvalue weighted by Crippen LogP contribution is -2.42. The normalized spacial score (nSPS) is 21.5. The quantitative estimate of drug-likeness (QED) is 0.771. The molecule has 1 fully saturated rings. The first-order chi connectivity index (χ1) is 9.47.